The Bertz CT molecular complexity index is 658. The molecule has 0 bridgehead atoms. The highest BCUT2D eigenvalue weighted by Crippen LogP contribution is 2.08. The SMILES string of the molecule is COC(=O)C(Cc1cccc(F)c1)NC(=O)c1ccccc1. The summed E-state index contributed by atoms with van der Waals surface area (Å²) in [5, 5.41) is 2.62. The number of rotatable bonds is 5. The monoisotopic (exact) mass is 301 g/mol. The van der Waals surface area contributed by atoms with Gasteiger partial charge in [-0.1, -0.05) is 30.3 Å². The highest BCUT2D eigenvalue weighted by atomic mass is 19.1. The molecule has 1 unspecified atom stereocenters. The van der Waals surface area contributed by atoms with E-state index in [4.69, 9.17) is 4.74 Å². The highest BCUT2D eigenvalue weighted by Gasteiger charge is 2.22. The largest absolute Gasteiger partial charge is 0.467 e. The number of methoxy groups -OCH3 is 1. The predicted molar refractivity (Wildman–Crippen MR) is 79.8 cm³/mol. The highest BCUT2D eigenvalue weighted by molar-refractivity contribution is 5.96. The molecule has 1 atom stereocenters. The van der Waals surface area contributed by atoms with E-state index in [1.54, 1.807) is 42.5 Å². The molecule has 0 heterocycles. The quantitative estimate of drug-likeness (QED) is 0.862. The average molecular weight is 301 g/mol. The molecule has 2 aromatic rings. The molecule has 22 heavy (non-hydrogen) atoms. The van der Waals surface area contributed by atoms with E-state index in [-0.39, 0.29) is 12.3 Å². The van der Waals surface area contributed by atoms with Crippen molar-refractivity contribution in [2.75, 3.05) is 7.11 Å². The first-order valence-electron chi connectivity index (χ1n) is 6.78. The van der Waals surface area contributed by atoms with Gasteiger partial charge in [-0.05, 0) is 29.8 Å². The molecular formula is C17H16FNO3. The Morgan fingerprint density at radius 2 is 1.86 bits per heavy atom. The van der Waals surface area contributed by atoms with Crippen molar-refractivity contribution in [3.05, 3.63) is 71.5 Å². The molecule has 0 aliphatic carbocycles. The molecule has 2 aromatic carbocycles. The summed E-state index contributed by atoms with van der Waals surface area (Å²) < 4.78 is 17.9. The summed E-state index contributed by atoms with van der Waals surface area (Å²) in [6.45, 7) is 0. The Balaban J connectivity index is 2.13. The van der Waals surface area contributed by atoms with E-state index >= 15 is 0 Å². The van der Waals surface area contributed by atoms with E-state index in [2.05, 4.69) is 5.32 Å². The fraction of sp³-hybridized carbons (Fsp3) is 0.176. The van der Waals surface area contributed by atoms with Crippen LogP contribution in [0, 0.1) is 5.82 Å². The van der Waals surface area contributed by atoms with Crippen molar-refractivity contribution in [2.24, 2.45) is 0 Å². The average Bonchev–Trinajstić information content (AvgIpc) is 2.54. The number of hydrogen-bond donors (Lipinski definition) is 1. The zero-order valence-corrected chi connectivity index (χ0v) is 12.1. The number of carbonyl (C=O) groups is 2. The Kier molecular flexibility index (Phi) is 5.25. The summed E-state index contributed by atoms with van der Waals surface area (Å²) in [6.07, 6.45) is 0.156. The maximum Gasteiger partial charge on any atom is 0.328 e. The lowest BCUT2D eigenvalue weighted by atomic mass is 10.1. The number of esters is 1. The molecular weight excluding hydrogens is 285 g/mol. The third-order valence-electron chi connectivity index (χ3n) is 3.16. The maximum atomic E-state index is 13.2. The number of hydrogen-bond acceptors (Lipinski definition) is 3. The first kappa shape index (κ1) is 15.7. The number of nitrogens with one attached hydrogen (secondary N) is 1. The van der Waals surface area contributed by atoms with Crippen molar-refractivity contribution in [3.63, 3.8) is 0 Å². The van der Waals surface area contributed by atoms with E-state index < -0.39 is 17.8 Å². The fourth-order valence-corrected chi connectivity index (χ4v) is 2.07. The molecule has 2 rings (SSSR count). The standard InChI is InChI=1S/C17H16FNO3/c1-22-17(21)15(11-12-6-5-9-14(18)10-12)19-16(20)13-7-3-2-4-8-13/h2-10,15H,11H2,1H3,(H,19,20). The van der Waals surface area contributed by atoms with Crippen LogP contribution in [-0.4, -0.2) is 25.0 Å². The molecule has 0 spiro atoms. The Morgan fingerprint density at radius 3 is 2.50 bits per heavy atom. The van der Waals surface area contributed by atoms with Crippen molar-refractivity contribution in [2.45, 2.75) is 12.5 Å². The summed E-state index contributed by atoms with van der Waals surface area (Å²) in [5.74, 6) is -1.35. The normalized spacial score (nSPS) is 11.5. The van der Waals surface area contributed by atoms with Crippen molar-refractivity contribution < 1.29 is 18.7 Å². The second-order valence-corrected chi connectivity index (χ2v) is 4.75. The first-order chi connectivity index (χ1) is 10.6. The minimum Gasteiger partial charge on any atom is -0.467 e. The van der Waals surface area contributed by atoms with Gasteiger partial charge in [0.1, 0.15) is 11.9 Å². The van der Waals surface area contributed by atoms with Gasteiger partial charge >= 0.3 is 5.97 Å². The number of benzene rings is 2. The van der Waals surface area contributed by atoms with Crippen LogP contribution in [0.15, 0.2) is 54.6 Å². The van der Waals surface area contributed by atoms with Crippen molar-refractivity contribution >= 4 is 11.9 Å². The van der Waals surface area contributed by atoms with Crippen LogP contribution in [0.2, 0.25) is 0 Å². The third-order valence-corrected chi connectivity index (χ3v) is 3.16. The van der Waals surface area contributed by atoms with Gasteiger partial charge < -0.3 is 10.1 Å². The van der Waals surface area contributed by atoms with Crippen molar-refractivity contribution in [1.82, 2.24) is 5.32 Å². The van der Waals surface area contributed by atoms with Crippen LogP contribution < -0.4 is 5.32 Å². The third kappa shape index (κ3) is 4.15. The van der Waals surface area contributed by atoms with Crippen molar-refractivity contribution in [1.29, 1.82) is 0 Å². The second kappa shape index (κ2) is 7.36. The molecule has 0 saturated heterocycles. The van der Waals surface area contributed by atoms with Crippen molar-refractivity contribution in [3.8, 4) is 0 Å². The summed E-state index contributed by atoms with van der Waals surface area (Å²) >= 11 is 0. The van der Waals surface area contributed by atoms with E-state index in [0.717, 1.165) is 0 Å². The smallest absolute Gasteiger partial charge is 0.328 e. The molecule has 0 aliphatic rings. The molecule has 114 valence electrons. The maximum absolute atomic E-state index is 13.2. The first-order valence-corrected chi connectivity index (χ1v) is 6.78. The summed E-state index contributed by atoms with van der Waals surface area (Å²) in [7, 11) is 1.25. The van der Waals surface area contributed by atoms with Crippen LogP contribution in [0.25, 0.3) is 0 Å². The lowest BCUT2D eigenvalue weighted by molar-refractivity contribution is -0.142. The van der Waals surface area contributed by atoms with Gasteiger partial charge in [-0.15, -0.1) is 0 Å². The molecule has 1 N–H and O–H groups in total. The predicted octanol–water partition coefficient (Wildman–Crippen LogP) is 2.34. The molecule has 0 radical (unpaired) electrons. The van der Waals surface area contributed by atoms with E-state index in [0.29, 0.717) is 11.1 Å². The topological polar surface area (TPSA) is 55.4 Å². The van der Waals surface area contributed by atoms with Gasteiger partial charge in [0.25, 0.3) is 5.91 Å². The fourth-order valence-electron chi connectivity index (χ4n) is 2.07. The number of ether oxygens (including phenoxy) is 1. The number of amides is 1. The minimum absolute atomic E-state index is 0.156. The lowest BCUT2D eigenvalue weighted by Gasteiger charge is -2.16. The van der Waals surface area contributed by atoms with E-state index in [9.17, 15) is 14.0 Å². The summed E-state index contributed by atoms with van der Waals surface area (Å²) in [4.78, 5) is 24.0. The Hall–Kier alpha value is -2.69. The number of halogens is 1. The number of carbonyl (C=O) groups excluding carboxylic acids is 2. The Labute approximate surface area is 127 Å². The van der Waals surface area contributed by atoms with E-state index in [1.807, 2.05) is 0 Å². The molecule has 0 aromatic heterocycles. The van der Waals surface area contributed by atoms with Crippen LogP contribution >= 0.6 is 0 Å². The van der Waals surface area contributed by atoms with Gasteiger partial charge in [-0.25, -0.2) is 9.18 Å². The van der Waals surface area contributed by atoms with Gasteiger partial charge in [-0.3, -0.25) is 4.79 Å². The zero-order valence-electron chi connectivity index (χ0n) is 12.1. The molecule has 0 aliphatic heterocycles. The zero-order chi connectivity index (χ0) is 15.9. The molecule has 4 nitrogen and oxygen atoms in total. The van der Waals surface area contributed by atoms with Gasteiger partial charge in [0.2, 0.25) is 0 Å². The van der Waals surface area contributed by atoms with Gasteiger partial charge in [0, 0.05) is 12.0 Å². The van der Waals surface area contributed by atoms with Crippen LogP contribution in [0.1, 0.15) is 15.9 Å². The van der Waals surface area contributed by atoms with Gasteiger partial charge in [0.05, 0.1) is 7.11 Å². The van der Waals surface area contributed by atoms with Crippen LogP contribution in [0.3, 0.4) is 0 Å². The summed E-state index contributed by atoms with van der Waals surface area (Å²) in [6, 6.07) is 13.6. The molecule has 0 fully saturated rings. The van der Waals surface area contributed by atoms with E-state index in [1.165, 1.54) is 19.2 Å². The minimum atomic E-state index is -0.875. The van der Waals surface area contributed by atoms with Gasteiger partial charge in [-0.2, -0.15) is 0 Å². The second-order valence-electron chi connectivity index (χ2n) is 4.75. The Morgan fingerprint density at radius 1 is 1.14 bits per heavy atom. The lowest BCUT2D eigenvalue weighted by Crippen LogP contribution is -2.43. The van der Waals surface area contributed by atoms with Crippen LogP contribution in [-0.2, 0) is 16.0 Å². The summed E-state index contributed by atoms with van der Waals surface area (Å²) in [5.41, 5.74) is 1.04. The molecule has 5 heteroatoms. The van der Waals surface area contributed by atoms with Crippen LogP contribution in [0.5, 0.6) is 0 Å². The molecule has 1 amide bonds. The van der Waals surface area contributed by atoms with Gasteiger partial charge in [0.15, 0.2) is 0 Å². The molecule has 0 saturated carbocycles. The van der Waals surface area contributed by atoms with Crippen LogP contribution in [0.4, 0.5) is 4.39 Å².